The largest absolute Gasteiger partial charge is 0.455 e. The molecule has 0 atom stereocenters. The third-order valence-electron chi connectivity index (χ3n) is 3.39. The Hall–Kier alpha value is -3.22. The van der Waals surface area contributed by atoms with Crippen molar-refractivity contribution in [1.29, 1.82) is 0 Å². The number of hydrogen-bond donors (Lipinski definition) is 0. The van der Waals surface area contributed by atoms with Crippen LogP contribution in [0, 0.1) is 5.82 Å². The molecule has 3 rings (SSSR count). The molecular formula is C17H13FN2O4. The second kappa shape index (κ2) is 6.49. The Kier molecular flexibility index (Phi) is 4.24. The maximum atomic E-state index is 13.7. The summed E-state index contributed by atoms with van der Waals surface area (Å²) in [5.41, 5.74) is 0.0568. The SMILES string of the molecule is Cn1cccc(C(=O)OCc2cc(-c3ccccc3F)on2)c1=O. The summed E-state index contributed by atoms with van der Waals surface area (Å²) in [5, 5.41) is 3.74. The van der Waals surface area contributed by atoms with Gasteiger partial charge in [0.15, 0.2) is 5.76 Å². The Balaban J connectivity index is 1.72. The molecule has 0 aliphatic heterocycles. The van der Waals surface area contributed by atoms with Crippen molar-refractivity contribution >= 4 is 5.97 Å². The van der Waals surface area contributed by atoms with E-state index in [4.69, 9.17) is 9.26 Å². The average molecular weight is 328 g/mol. The highest BCUT2D eigenvalue weighted by molar-refractivity contribution is 5.88. The van der Waals surface area contributed by atoms with Crippen LogP contribution in [0.4, 0.5) is 4.39 Å². The minimum atomic E-state index is -0.758. The van der Waals surface area contributed by atoms with Gasteiger partial charge in [-0.1, -0.05) is 17.3 Å². The lowest BCUT2D eigenvalue weighted by Crippen LogP contribution is -2.24. The summed E-state index contributed by atoms with van der Waals surface area (Å²) < 4.78 is 25.1. The minimum Gasteiger partial charge on any atom is -0.455 e. The Morgan fingerprint density at radius 1 is 1.29 bits per heavy atom. The Morgan fingerprint density at radius 3 is 2.88 bits per heavy atom. The highest BCUT2D eigenvalue weighted by Gasteiger charge is 2.15. The van der Waals surface area contributed by atoms with Gasteiger partial charge in [-0.25, -0.2) is 9.18 Å². The van der Waals surface area contributed by atoms with Crippen LogP contribution < -0.4 is 5.56 Å². The van der Waals surface area contributed by atoms with E-state index in [1.54, 1.807) is 24.3 Å². The van der Waals surface area contributed by atoms with Crippen molar-refractivity contribution in [3.8, 4) is 11.3 Å². The van der Waals surface area contributed by atoms with E-state index in [-0.39, 0.29) is 23.5 Å². The van der Waals surface area contributed by atoms with Gasteiger partial charge in [-0.15, -0.1) is 0 Å². The lowest BCUT2D eigenvalue weighted by molar-refractivity contribution is 0.0461. The number of ether oxygens (including phenoxy) is 1. The molecule has 0 saturated heterocycles. The fourth-order valence-corrected chi connectivity index (χ4v) is 2.14. The van der Waals surface area contributed by atoms with Crippen molar-refractivity contribution < 1.29 is 18.4 Å². The van der Waals surface area contributed by atoms with Crippen LogP contribution >= 0.6 is 0 Å². The number of esters is 1. The second-order valence-electron chi connectivity index (χ2n) is 5.08. The summed E-state index contributed by atoms with van der Waals surface area (Å²) in [6.45, 7) is -0.186. The molecule has 2 heterocycles. The molecule has 0 bridgehead atoms. The zero-order chi connectivity index (χ0) is 17.1. The second-order valence-corrected chi connectivity index (χ2v) is 5.08. The van der Waals surface area contributed by atoms with Gasteiger partial charge in [0.1, 0.15) is 23.7 Å². The first-order valence-corrected chi connectivity index (χ1v) is 7.09. The standard InChI is InChI=1S/C17H13FN2O4/c1-20-8-4-6-13(16(20)21)17(22)23-10-11-9-15(24-19-11)12-5-2-3-7-14(12)18/h2-9H,10H2,1H3. The molecule has 0 amide bonds. The van der Waals surface area contributed by atoms with Crippen molar-refractivity contribution in [2.75, 3.05) is 0 Å². The Bertz CT molecular complexity index is 946. The zero-order valence-electron chi connectivity index (χ0n) is 12.7. The fraction of sp³-hybridized carbons (Fsp3) is 0.118. The quantitative estimate of drug-likeness (QED) is 0.688. The molecule has 3 aromatic rings. The normalized spacial score (nSPS) is 10.6. The smallest absolute Gasteiger partial charge is 0.344 e. The molecule has 6 nitrogen and oxygen atoms in total. The number of aromatic nitrogens is 2. The van der Waals surface area contributed by atoms with Gasteiger partial charge in [-0.2, -0.15) is 0 Å². The summed E-state index contributed by atoms with van der Waals surface area (Å²) >= 11 is 0. The third kappa shape index (κ3) is 3.10. The molecule has 2 aromatic heterocycles. The lowest BCUT2D eigenvalue weighted by atomic mass is 10.1. The van der Waals surface area contributed by atoms with Gasteiger partial charge in [0, 0.05) is 19.3 Å². The van der Waals surface area contributed by atoms with Crippen molar-refractivity contribution in [2.24, 2.45) is 7.05 Å². The van der Waals surface area contributed by atoms with Gasteiger partial charge < -0.3 is 13.8 Å². The summed E-state index contributed by atoms with van der Waals surface area (Å²) in [6.07, 6.45) is 1.54. The molecular weight excluding hydrogens is 315 g/mol. The number of benzene rings is 1. The van der Waals surface area contributed by atoms with Crippen LogP contribution in [0.5, 0.6) is 0 Å². The van der Waals surface area contributed by atoms with Gasteiger partial charge in [0.05, 0.1) is 5.56 Å². The highest BCUT2D eigenvalue weighted by atomic mass is 19.1. The number of aryl methyl sites for hydroxylation is 1. The lowest BCUT2D eigenvalue weighted by Gasteiger charge is -2.03. The first-order chi connectivity index (χ1) is 11.6. The maximum absolute atomic E-state index is 13.7. The third-order valence-corrected chi connectivity index (χ3v) is 3.39. The van der Waals surface area contributed by atoms with E-state index in [0.29, 0.717) is 5.69 Å². The molecule has 0 unspecified atom stereocenters. The van der Waals surface area contributed by atoms with Crippen LogP contribution in [0.1, 0.15) is 16.1 Å². The molecule has 1 aromatic carbocycles. The molecule has 0 saturated carbocycles. The van der Waals surface area contributed by atoms with E-state index in [0.717, 1.165) is 0 Å². The fourth-order valence-electron chi connectivity index (χ4n) is 2.14. The van der Waals surface area contributed by atoms with E-state index >= 15 is 0 Å². The van der Waals surface area contributed by atoms with Gasteiger partial charge >= 0.3 is 5.97 Å². The van der Waals surface area contributed by atoms with Crippen LogP contribution in [0.15, 0.2) is 58.0 Å². The van der Waals surface area contributed by atoms with Crippen molar-refractivity contribution in [2.45, 2.75) is 6.61 Å². The molecule has 0 fully saturated rings. The molecule has 24 heavy (non-hydrogen) atoms. The monoisotopic (exact) mass is 328 g/mol. The molecule has 0 N–H and O–H groups in total. The number of hydrogen-bond acceptors (Lipinski definition) is 5. The number of carbonyl (C=O) groups excluding carboxylic acids is 1. The van der Waals surface area contributed by atoms with Crippen LogP contribution in [-0.4, -0.2) is 15.7 Å². The van der Waals surface area contributed by atoms with Crippen LogP contribution in [0.2, 0.25) is 0 Å². The highest BCUT2D eigenvalue weighted by Crippen LogP contribution is 2.23. The maximum Gasteiger partial charge on any atom is 0.344 e. The van der Waals surface area contributed by atoms with E-state index < -0.39 is 17.3 Å². The molecule has 0 aliphatic carbocycles. The molecule has 0 radical (unpaired) electrons. The minimum absolute atomic E-state index is 0.0715. The van der Waals surface area contributed by atoms with Crippen molar-refractivity contribution in [3.05, 3.63) is 76.1 Å². The summed E-state index contributed by atoms with van der Waals surface area (Å²) in [7, 11) is 1.54. The van der Waals surface area contributed by atoms with E-state index in [1.807, 2.05) is 0 Å². The van der Waals surface area contributed by atoms with Gasteiger partial charge in [-0.3, -0.25) is 4.79 Å². The van der Waals surface area contributed by atoms with E-state index in [1.165, 1.54) is 36.0 Å². The van der Waals surface area contributed by atoms with Crippen molar-refractivity contribution in [3.63, 3.8) is 0 Å². The van der Waals surface area contributed by atoms with Crippen molar-refractivity contribution in [1.82, 2.24) is 9.72 Å². The van der Waals surface area contributed by atoms with Gasteiger partial charge in [0.2, 0.25) is 0 Å². The Morgan fingerprint density at radius 2 is 2.08 bits per heavy atom. The first kappa shape index (κ1) is 15.7. The topological polar surface area (TPSA) is 74.3 Å². The van der Waals surface area contributed by atoms with Gasteiger partial charge in [0.25, 0.3) is 5.56 Å². The number of halogens is 1. The number of rotatable bonds is 4. The molecule has 7 heteroatoms. The number of nitrogens with zero attached hydrogens (tertiary/aromatic N) is 2. The Labute approximate surface area is 136 Å². The zero-order valence-corrected chi connectivity index (χ0v) is 12.7. The number of carbonyl (C=O) groups is 1. The van der Waals surface area contributed by atoms with Crippen LogP contribution in [0.25, 0.3) is 11.3 Å². The predicted octanol–water partition coefficient (Wildman–Crippen LogP) is 2.54. The molecule has 0 aliphatic rings. The summed E-state index contributed by atoms with van der Waals surface area (Å²) in [4.78, 5) is 23.8. The molecule has 0 spiro atoms. The van der Waals surface area contributed by atoms with Crippen LogP contribution in [-0.2, 0) is 18.4 Å². The van der Waals surface area contributed by atoms with E-state index in [9.17, 15) is 14.0 Å². The summed E-state index contributed by atoms with van der Waals surface area (Å²) in [6, 6.07) is 10.5. The van der Waals surface area contributed by atoms with Crippen LogP contribution in [0.3, 0.4) is 0 Å². The predicted molar refractivity (Wildman–Crippen MR) is 82.7 cm³/mol. The molecule has 122 valence electrons. The number of pyridine rings is 1. The summed E-state index contributed by atoms with van der Waals surface area (Å²) in [5.74, 6) is -0.966. The van der Waals surface area contributed by atoms with E-state index in [2.05, 4.69) is 5.16 Å². The first-order valence-electron chi connectivity index (χ1n) is 7.09. The average Bonchev–Trinajstić information content (AvgIpc) is 3.04. The van der Waals surface area contributed by atoms with Gasteiger partial charge in [-0.05, 0) is 24.3 Å².